The van der Waals surface area contributed by atoms with Gasteiger partial charge in [-0.25, -0.2) is 4.79 Å². The number of ether oxygens (including phenoxy) is 1. The molecule has 0 spiro atoms. The molecular formula is C22H23NO4. The summed E-state index contributed by atoms with van der Waals surface area (Å²) in [4.78, 5) is 13.7. The van der Waals surface area contributed by atoms with Crippen molar-refractivity contribution in [2.24, 2.45) is 0 Å². The SMILES string of the molecule is COc1cc(-c2cccc([C@@H](C)N3CCCC3)c2)cc2cc(C(=O)O)oc12. The quantitative estimate of drug-likeness (QED) is 0.692. The van der Waals surface area contributed by atoms with Crippen molar-refractivity contribution in [1.29, 1.82) is 0 Å². The molecule has 0 saturated carbocycles. The lowest BCUT2D eigenvalue weighted by Crippen LogP contribution is -2.23. The summed E-state index contributed by atoms with van der Waals surface area (Å²) < 4.78 is 10.9. The Morgan fingerprint density at radius 2 is 1.93 bits per heavy atom. The summed E-state index contributed by atoms with van der Waals surface area (Å²) >= 11 is 0. The largest absolute Gasteiger partial charge is 0.493 e. The van der Waals surface area contributed by atoms with Gasteiger partial charge in [0.25, 0.3) is 0 Å². The normalized spacial score (nSPS) is 15.9. The maximum absolute atomic E-state index is 11.2. The van der Waals surface area contributed by atoms with E-state index in [0.717, 1.165) is 29.6 Å². The number of nitrogens with zero attached hydrogens (tertiary/aromatic N) is 1. The molecule has 4 rings (SSSR count). The van der Waals surface area contributed by atoms with Crippen molar-refractivity contribution in [1.82, 2.24) is 4.90 Å². The summed E-state index contributed by atoms with van der Waals surface area (Å²) in [6.07, 6.45) is 2.54. The Hall–Kier alpha value is -2.79. The molecule has 1 N–H and O–H groups in total. The average molecular weight is 365 g/mol. The molecule has 2 heterocycles. The van der Waals surface area contributed by atoms with E-state index in [1.54, 1.807) is 13.2 Å². The Bertz CT molecular complexity index is 985. The first-order valence-electron chi connectivity index (χ1n) is 9.26. The lowest BCUT2D eigenvalue weighted by Gasteiger charge is -2.24. The van der Waals surface area contributed by atoms with Crippen molar-refractivity contribution < 1.29 is 19.1 Å². The van der Waals surface area contributed by atoms with E-state index in [1.165, 1.54) is 18.4 Å². The Balaban J connectivity index is 1.75. The summed E-state index contributed by atoms with van der Waals surface area (Å²) in [5, 5.41) is 9.92. The number of furan rings is 1. The van der Waals surface area contributed by atoms with Gasteiger partial charge in [-0.05, 0) is 73.8 Å². The van der Waals surface area contributed by atoms with Gasteiger partial charge in [-0.1, -0.05) is 18.2 Å². The van der Waals surface area contributed by atoms with Crippen LogP contribution in [0.25, 0.3) is 22.1 Å². The van der Waals surface area contributed by atoms with Crippen LogP contribution >= 0.6 is 0 Å². The zero-order valence-electron chi connectivity index (χ0n) is 15.6. The van der Waals surface area contributed by atoms with Gasteiger partial charge in [-0.15, -0.1) is 0 Å². The summed E-state index contributed by atoms with van der Waals surface area (Å²) in [7, 11) is 1.56. The Morgan fingerprint density at radius 1 is 1.15 bits per heavy atom. The van der Waals surface area contributed by atoms with Crippen LogP contribution in [0.2, 0.25) is 0 Å². The van der Waals surface area contributed by atoms with Gasteiger partial charge in [0.1, 0.15) is 0 Å². The Kier molecular flexibility index (Phi) is 4.62. The van der Waals surface area contributed by atoms with Crippen molar-refractivity contribution >= 4 is 16.9 Å². The average Bonchev–Trinajstić information content (AvgIpc) is 3.36. The van der Waals surface area contributed by atoms with Crippen LogP contribution in [-0.4, -0.2) is 36.2 Å². The highest BCUT2D eigenvalue weighted by Gasteiger charge is 2.20. The van der Waals surface area contributed by atoms with Crippen molar-refractivity contribution in [2.75, 3.05) is 20.2 Å². The molecule has 1 atom stereocenters. The topological polar surface area (TPSA) is 62.9 Å². The lowest BCUT2D eigenvalue weighted by molar-refractivity contribution is 0.0665. The van der Waals surface area contributed by atoms with Crippen LogP contribution in [0.5, 0.6) is 5.75 Å². The third-order valence-electron chi connectivity index (χ3n) is 5.40. The highest BCUT2D eigenvalue weighted by molar-refractivity contribution is 5.95. The molecule has 1 fully saturated rings. The smallest absolute Gasteiger partial charge is 0.371 e. The van der Waals surface area contributed by atoms with E-state index in [9.17, 15) is 9.90 Å². The van der Waals surface area contributed by atoms with E-state index >= 15 is 0 Å². The molecule has 5 nitrogen and oxygen atoms in total. The van der Waals surface area contributed by atoms with Crippen LogP contribution in [0.3, 0.4) is 0 Å². The first-order chi connectivity index (χ1) is 13.1. The molecule has 27 heavy (non-hydrogen) atoms. The van der Waals surface area contributed by atoms with Crippen molar-refractivity contribution in [3.05, 3.63) is 53.8 Å². The first kappa shape index (κ1) is 17.6. The number of carboxylic acids is 1. The zero-order valence-corrected chi connectivity index (χ0v) is 15.6. The number of likely N-dealkylation sites (tertiary alicyclic amines) is 1. The van der Waals surface area contributed by atoms with E-state index in [0.29, 0.717) is 17.4 Å². The van der Waals surface area contributed by atoms with Crippen molar-refractivity contribution in [3.63, 3.8) is 0 Å². The molecule has 1 saturated heterocycles. The predicted molar refractivity (Wildman–Crippen MR) is 104 cm³/mol. The molecule has 0 radical (unpaired) electrons. The summed E-state index contributed by atoms with van der Waals surface area (Å²) in [5.74, 6) is -0.638. The van der Waals surface area contributed by atoms with Crippen LogP contribution < -0.4 is 4.74 Å². The third-order valence-corrected chi connectivity index (χ3v) is 5.40. The van der Waals surface area contributed by atoms with Gasteiger partial charge in [-0.3, -0.25) is 4.90 Å². The minimum Gasteiger partial charge on any atom is -0.493 e. The van der Waals surface area contributed by atoms with Crippen molar-refractivity contribution in [2.45, 2.75) is 25.8 Å². The maximum Gasteiger partial charge on any atom is 0.371 e. The maximum atomic E-state index is 11.2. The molecule has 0 unspecified atom stereocenters. The third kappa shape index (κ3) is 3.30. The molecule has 1 aliphatic heterocycles. The number of methoxy groups -OCH3 is 1. The number of carbonyl (C=O) groups is 1. The molecular weight excluding hydrogens is 342 g/mol. The fraction of sp³-hybridized carbons (Fsp3) is 0.318. The highest BCUT2D eigenvalue weighted by atomic mass is 16.5. The fourth-order valence-corrected chi connectivity index (χ4v) is 3.86. The van der Waals surface area contributed by atoms with E-state index in [-0.39, 0.29) is 5.76 Å². The van der Waals surface area contributed by atoms with Crippen LogP contribution in [0.4, 0.5) is 0 Å². The van der Waals surface area contributed by atoms with Crippen LogP contribution in [0, 0.1) is 0 Å². The van der Waals surface area contributed by atoms with Gasteiger partial charge in [-0.2, -0.15) is 0 Å². The van der Waals surface area contributed by atoms with Gasteiger partial charge in [0, 0.05) is 11.4 Å². The number of carboxylic acid groups (broad SMARTS) is 1. The second-order valence-corrected chi connectivity index (χ2v) is 7.06. The van der Waals surface area contributed by atoms with Crippen molar-refractivity contribution in [3.8, 4) is 16.9 Å². The number of hydrogen-bond donors (Lipinski definition) is 1. The molecule has 0 amide bonds. The summed E-state index contributed by atoms with van der Waals surface area (Å²) in [6.45, 7) is 4.56. The fourth-order valence-electron chi connectivity index (χ4n) is 3.86. The zero-order chi connectivity index (χ0) is 19.0. The lowest BCUT2D eigenvalue weighted by atomic mass is 9.98. The first-order valence-corrected chi connectivity index (χ1v) is 9.26. The van der Waals surface area contributed by atoms with E-state index in [4.69, 9.17) is 9.15 Å². The van der Waals surface area contributed by atoms with Crippen LogP contribution in [0.1, 0.15) is 41.9 Å². The van der Waals surface area contributed by atoms with E-state index < -0.39 is 5.97 Å². The molecule has 0 aliphatic carbocycles. The van der Waals surface area contributed by atoms with Gasteiger partial charge in [0.05, 0.1) is 7.11 Å². The van der Waals surface area contributed by atoms with Crippen LogP contribution in [-0.2, 0) is 0 Å². The molecule has 0 bridgehead atoms. The standard InChI is InChI=1S/C22H23NO4/c1-14(23-8-3-4-9-23)15-6-5-7-16(10-15)17-11-18-13-20(22(24)25)27-21(18)19(12-17)26-2/h5-7,10-14H,3-4,8-9H2,1-2H3,(H,24,25)/t14-/m1/s1. The number of fused-ring (bicyclic) bond motifs is 1. The number of benzene rings is 2. The van der Waals surface area contributed by atoms with Gasteiger partial charge < -0.3 is 14.3 Å². The highest BCUT2D eigenvalue weighted by Crippen LogP contribution is 2.36. The molecule has 1 aliphatic rings. The van der Waals surface area contributed by atoms with Gasteiger partial charge in [0.15, 0.2) is 11.3 Å². The molecule has 140 valence electrons. The minimum absolute atomic E-state index is 0.0862. The Morgan fingerprint density at radius 3 is 2.63 bits per heavy atom. The summed E-state index contributed by atoms with van der Waals surface area (Å²) in [6, 6.07) is 14.3. The monoisotopic (exact) mass is 365 g/mol. The molecule has 2 aromatic carbocycles. The second-order valence-electron chi connectivity index (χ2n) is 7.06. The van der Waals surface area contributed by atoms with Gasteiger partial charge in [0.2, 0.25) is 5.76 Å². The molecule has 5 heteroatoms. The second kappa shape index (κ2) is 7.08. The number of aromatic carboxylic acids is 1. The summed E-state index contributed by atoms with van der Waals surface area (Å²) in [5.41, 5.74) is 3.80. The minimum atomic E-state index is -1.09. The van der Waals surface area contributed by atoms with E-state index in [2.05, 4.69) is 36.1 Å². The number of hydrogen-bond acceptors (Lipinski definition) is 4. The predicted octanol–water partition coefficient (Wildman–Crippen LogP) is 4.96. The molecule has 1 aromatic heterocycles. The Labute approximate surface area is 158 Å². The van der Waals surface area contributed by atoms with E-state index in [1.807, 2.05) is 12.1 Å². The van der Waals surface area contributed by atoms with Crippen LogP contribution in [0.15, 0.2) is 46.9 Å². The molecule has 3 aromatic rings. The van der Waals surface area contributed by atoms with Gasteiger partial charge >= 0.3 is 5.97 Å². The number of rotatable bonds is 5.